The Kier molecular flexibility index (Phi) is 3.55. The molecule has 0 atom stereocenters. The summed E-state index contributed by atoms with van der Waals surface area (Å²) >= 11 is 5.69. The number of halogens is 3. The molecule has 0 spiro atoms. The van der Waals surface area contributed by atoms with Crippen LogP contribution in [0.3, 0.4) is 0 Å². The Bertz CT molecular complexity index is 514. The fourth-order valence-electron chi connectivity index (χ4n) is 1.62. The van der Waals surface area contributed by atoms with Gasteiger partial charge in [0.1, 0.15) is 11.6 Å². The van der Waals surface area contributed by atoms with Gasteiger partial charge in [0.05, 0.1) is 0 Å². The zero-order valence-corrected chi connectivity index (χ0v) is 9.59. The zero-order chi connectivity index (χ0) is 12.3. The quantitative estimate of drug-likeness (QED) is 0.731. The van der Waals surface area contributed by atoms with Gasteiger partial charge in [0, 0.05) is 22.2 Å². The summed E-state index contributed by atoms with van der Waals surface area (Å²) in [7, 11) is 0. The van der Waals surface area contributed by atoms with E-state index in [1.54, 1.807) is 36.4 Å². The number of hydrogen-bond acceptors (Lipinski definition) is 0. The van der Waals surface area contributed by atoms with Gasteiger partial charge in [-0.1, -0.05) is 48.0 Å². The largest absolute Gasteiger partial charge is 0.206 e. The number of rotatable bonds is 2. The third-order valence-electron chi connectivity index (χ3n) is 2.44. The molecule has 0 heterocycles. The van der Waals surface area contributed by atoms with Crippen molar-refractivity contribution in [2.75, 3.05) is 0 Å². The Morgan fingerprint density at radius 3 is 1.59 bits per heavy atom. The molecule has 0 N–H and O–H groups in total. The van der Waals surface area contributed by atoms with Crippen molar-refractivity contribution < 1.29 is 8.78 Å². The summed E-state index contributed by atoms with van der Waals surface area (Å²) in [4.78, 5) is 0. The van der Waals surface area contributed by atoms with Crippen LogP contribution < -0.4 is 0 Å². The van der Waals surface area contributed by atoms with Crippen LogP contribution in [0.5, 0.6) is 0 Å². The minimum absolute atomic E-state index is 0.285. The van der Waals surface area contributed by atoms with Gasteiger partial charge in [0.15, 0.2) is 0 Å². The minimum Gasteiger partial charge on any atom is -0.206 e. The van der Waals surface area contributed by atoms with E-state index in [9.17, 15) is 8.78 Å². The van der Waals surface area contributed by atoms with Gasteiger partial charge in [-0.25, -0.2) is 8.78 Å². The molecule has 0 aliphatic carbocycles. The molecular formula is C14H9ClF2. The standard InChI is InChI=1S/C14H9ClF2/c15-9-12(10-5-1-3-7-13(10)16)11-6-2-4-8-14(11)17/h1-9H. The van der Waals surface area contributed by atoms with Crippen molar-refractivity contribution in [3.8, 4) is 0 Å². The van der Waals surface area contributed by atoms with Gasteiger partial charge in [0.2, 0.25) is 0 Å². The van der Waals surface area contributed by atoms with Crippen LogP contribution in [0.1, 0.15) is 11.1 Å². The molecule has 0 bridgehead atoms. The third kappa shape index (κ3) is 2.37. The SMILES string of the molecule is Fc1ccccc1C(=CCl)c1ccccc1F. The minimum atomic E-state index is -0.428. The van der Waals surface area contributed by atoms with Crippen molar-refractivity contribution in [3.63, 3.8) is 0 Å². The molecule has 0 radical (unpaired) electrons. The maximum absolute atomic E-state index is 13.6. The van der Waals surface area contributed by atoms with Crippen LogP contribution in [-0.4, -0.2) is 0 Å². The van der Waals surface area contributed by atoms with Crippen LogP contribution in [0, 0.1) is 11.6 Å². The highest BCUT2D eigenvalue weighted by Gasteiger charge is 2.12. The fraction of sp³-hybridized carbons (Fsp3) is 0. The summed E-state index contributed by atoms with van der Waals surface area (Å²) in [5, 5.41) is 0. The predicted octanol–water partition coefficient (Wildman–Crippen LogP) is 4.59. The van der Waals surface area contributed by atoms with Crippen LogP contribution in [0.4, 0.5) is 8.78 Å². The average Bonchev–Trinajstić information content (AvgIpc) is 2.34. The highest BCUT2D eigenvalue weighted by Crippen LogP contribution is 2.27. The molecule has 2 aromatic rings. The smallest absolute Gasteiger partial charge is 0.131 e. The zero-order valence-electron chi connectivity index (χ0n) is 8.83. The molecule has 0 aliphatic rings. The number of hydrogen-bond donors (Lipinski definition) is 0. The predicted molar refractivity (Wildman–Crippen MR) is 65.7 cm³/mol. The van der Waals surface area contributed by atoms with Crippen molar-refractivity contribution in [3.05, 3.63) is 76.8 Å². The molecule has 0 aliphatic heterocycles. The maximum Gasteiger partial charge on any atom is 0.131 e. The van der Waals surface area contributed by atoms with E-state index in [-0.39, 0.29) is 11.1 Å². The second-order valence-electron chi connectivity index (χ2n) is 3.48. The van der Waals surface area contributed by atoms with Crippen LogP contribution in [0.15, 0.2) is 54.1 Å². The van der Waals surface area contributed by atoms with Crippen LogP contribution >= 0.6 is 11.6 Å². The van der Waals surface area contributed by atoms with Crippen LogP contribution in [0.25, 0.3) is 5.57 Å². The van der Waals surface area contributed by atoms with Crippen molar-refractivity contribution in [1.29, 1.82) is 0 Å². The second-order valence-corrected chi connectivity index (χ2v) is 3.70. The lowest BCUT2D eigenvalue weighted by Gasteiger charge is -2.08. The topological polar surface area (TPSA) is 0 Å². The van der Waals surface area contributed by atoms with E-state index in [0.29, 0.717) is 5.57 Å². The van der Waals surface area contributed by atoms with E-state index in [1.807, 2.05) is 0 Å². The van der Waals surface area contributed by atoms with Gasteiger partial charge < -0.3 is 0 Å². The van der Waals surface area contributed by atoms with E-state index >= 15 is 0 Å². The molecule has 86 valence electrons. The van der Waals surface area contributed by atoms with Crippen molar-refractivity contribution in [2.24, 2.45) is 0 Å². The van der Waals surface area contributed by atoms with E-state index in [1.165, 1.54) is 17.7 Å². The molecule has 0 unspecified atom stereocenters. The Labute approximate surface area is 103 Å². The van der Waals surface area contributed by atoms with Gasteiger partial charge >= 0.3 is 0 Å². The highest BCUT2D eigenvalue weighted by molar-refractivity contribution is 6.29. The molecule has 2 rings (SSSR count). The summed E-state index contributed by atoms with van der Waals surface area (Å²) in [6.45, 7) is 0. The van der Waals surface area contributed by atoms with Crippen LogP contribution in [-0.2, 0) is 0 Å². The average molecular weight is 251 g/mol. The first kappa shape index (κ1) is 11.8. The van der Waals surface area contributed by atoms with Crippen molar-refractivity contribution in [1.82, 2.24) is 0 Å². The Hall–Kier alpha value is -1.67. The lowest BCUT2D eigenvalue weighted by molar-refractivity contribution is 0.618. The number of benzene rings is 2. The van der Waals surface area contributed by atoms with Gasteiger partial charge in [-0.2, -0.15) is 0 Å². The maximum atomic E-state index is 13.6. The molecule has 3 heteroatoms. The van der Waals surface area contributed by atoms with Gasteiger partial charge in [0.25, 0.3) is 0 Å². The van der Waals surface area contributed by atoms with E-state index in [2.05, 4.69) is 0 Å². The Morgan fingerprint density at radius 1 is 0.824 bits per heavy atom. The van der Waals surface area contributed by atoms with Crippen molar-refractivity contribution in [2.45, 2.75) is 0 Å². The van der Waals surface area contributed by atoms with Gasteiger partial charge in [-0.3, -0.25) is 0 Å². The summed E-state index contributed by atoms with van der Waals surface area (Å²) in [6, 6.07) is 12.3. The fourth-order valence-corrected chi connectivity index (χ4v) is 1.86. The Balaban J connectivity index is 2.57. The molecule has 17 heavy (non-hydrogen) atoms. The molecular weight excluding hydrogens is 242 g/mol. The molecule has 0 nitrogen and oxygen atoms in total. The first-order valence-corrected chi connectivity index (χ1v) is 5.48. The molecule has 0 fully saturated rings. The van der Waals surface area contributed by atoms with Gasteiger partial charge in [-0.05, 0) is 12.1 Å². The van der Waals surface area contributed by atoms with Crippen molar-refractivity contribution >= 4 is 17.2 Å². The van der Waals surface area contributed by atoms with Gasteiger partial charge in [-0.15, -0.1) is 0 Å². The molecule has 0 saturated carbocycles. The summed E-state index contributed by atoms with van der Waals surface area (Å²) < 4.78 is 27.2. The summed E-state index contributed by atoms with van der Waals surface area (Å²) in [6.07, 6.45) is 0. The van der Waals surface area contributed by atoms with E-state index in [4.69, 9.17) is 11.6 Å². The third-order valence-corrected chi connectivity index (χ3v) is 2.66. The first-order valence-electron chi connectivity index (χ1n) is 5.04. The van der Waals surface area contributed by atoms with E-state index < -0.39 is 11.6 Å². The lowest BCUT2D eigenvalue weighted by atomic mass is 9.99. The summed E-state index contributed by atoms with van der Waals surface area (Å²) in [5.41, 5.74) is 2.10. The second kappa shape index (κ2) is 5.11. The summed E-state index contributed by atoms with van der Waals surface area (Å²) in [5.74, 6) is -0.856. The van der Waals surface area contributed by atoms with Crippen LogP contribution in [0.2, 0.25) is 0 Å². The molecule has 2 aromatic carbocycles. The first-order chi connectivity index (χ1) is 8.24. The molecule has 0 aromatic heterocycles. The lowest BCUT2D eigenvalue weighted by Crippen LogP contribution is -1.94. The monoisotopic (exact) mass is 250 g/mol. The normalized spacial score (nSPS) is 10.1. The van der Waals surface area contributed by atoms with E-state index in [0.717, 1.165) is 0 Å². The Morgan fingerprint density at radius 2 is 1.24 bits per heavy atom. The molecule has 0 saturated heterocycles. The highest BCUT2D eigenvalue weighted by atomic mass is 35.5. The molecule has 0 amide bonds.